The Kier molecular flexibility index (Phi) is 4.22. The van der Waals surface area contributed by atoms with Gasteiger partial charge in [-0.1, -0.05) is 36.4 Å². The van der Waals surface area contributed by atoms with Crippen molar-refractivity contribution in [1.82, 2.24) is 9.97 Å². The van der Waals surface area contributed by atoms with E-state index in [0.29, 0.717) is 5.92 Å². The third-order valence-electron chi connectivity index (χ3n) is 3.75. The Hall–Kier alpha value is -2.26. The molecule has 2 aromatic rings. The van der Waals surface area contributed by atoms with Crippen molar-refractivity contribution in [2.45, 2.75) is 12.3 Å². The van der Waals surface area contributed by atoms with E-state index >= 15 is 0 Å². The first kappa shape index (κ1) is 13.7. The van der Waals surface area contributed by atoms with Crippen molar-refractivity contribution in [2.24, 2.45) is 5.92 Å². The zero-order chi connectivity index (χ0) is 14.5. The average Bonchev–Trinajstić information content (AvgIpc) is 2.57. The highest BCUT2D eigenvalue weighted by molar-refractivity contribution is 5.54. The van der Waals surface area contributed by atoms with E-state index in [4.69, 9.17) is 4.98 Å². The highest BCUT2D eigenvalue weighted by Gasteiger charge is 2.21. The van der Waals surface area contributed by atoms with Crippen LogP contribution in [0.1, 0.15) is 18.0 Å². The van der Waals surface area contributed by atoms with Gasteiger partial charge in [-0.15, -0.1) is 0 Å². The minimum atomic E-state index is 0.194. The van der Waals surface area contributed by atoms with Crippen LogP contribution in [0.4, 0.5) is 0 Å². The van der Waals surface area contributed by atoms with Crippen LogP contribution in [-0.2, 0) is 0 Å². The summed E-state index contributed by atoms with van der Waals surface area (Å²) < 4.78 is 0. The number of pyridine rings is 2. The second-order valence-corrected chi connectivity index (χ2v) is 5.13. The van der Waals surface area contributed by atoms with E-state index in [9.17, 15) is 5.11 Å². The monoisotopic (exact) mass is 278 g/mol. The van der Waals surface area contributed by atoms with Crippen molar-refractivity contribution in [3.05, 3.63) is 72.6 Å². The van der Waals surface area contributed by atoms with Crippen molar-refractivity contribution in [3.63, 3.8) is 0 Å². The molecule has 2 atom stereocenters. The van der Waals surface area contributed by atoms with Crippen LogP contribution >= 0.6 is 0 Å². The molecule has 2 aromatic heterocycles. The maximum atomic E-state index is 9.23. The van der Waals surface area contributed by atoms with Gasteiger partial charge < -0.3 is 5.11 Å². The second kappa shape index (κ2) is 6.46. The summed E-state index contributed by atoms with van der Waals surface area (Å²) in [4.78, 5) is 9.13. The lowest BCUT2D eigenvalue weighted by molar-refractivity contribution is 0.264. The molecule has 0 radical (unpaired) electrons. The molecule has 0 fully saturated rings. The normalized spacial score (nSPS) is 20.6. The number of hydrogen-bond donors (Lipinski definition) is 1. The van der Waals surface area contributed by atoms with Gasteiger partial charge in [-0.25, -0.2) is 0 Å². The van der Waals surface area contributed by atoms with Crippen molar-refractivity contribution < 1.29 is 5.11 Å². The average molecular weight is 278 g/mol. The number of allylic oxidation sites excluding steroid dienone is 4. The molecular weight excluding hydrogens is 260 g/mol. The molecule has 3 rings (SSSR count). The van der Waals surface area contributed by atoms with Crippen LogP contribution in [0, 0.1) is 5.92 Å². The fourth-order valence-electron chi connectivity index (χ4n) is 2.69. The van der Waals surface area contributed by atoms with E-state index in [0.717, 1.165) is 23.5 Å². The predicted octanol–water partition coefficient (Wildman–Crippen LogP) is 3.35. The third kappa shape index (κ3) is 3.09. The molecule has 106 valence electrons. The minimum Gasteiger partial charge on any atom is -0.396 e. The third-order valence-corrected chi connectivity index (χ3v) is 3.75. The SMILES string of the molecule is OCC[C@H]1C=CC=C[C@H]1c1cccc(-c2ccccn2)n1. The molecule has 0 aliphatic heterocycles. The zero-order valence-corrected chi connectivity index (χ0v) is 11.8. The van der Waals surface area contributed by atoms with Crippen LogP contribution in [0.5, 0.6) is 0 Å². The predicted molar refractivity (Wildman–Crippen MR) is 83.7 cm³/mol. The summed E-state index contributed by atoms with van der Waals surface area (Å²) in [5, 5.41) is 9.23. The van der Waals surface area contributed by atoms with Gasteiger partial charge in [0.25, 0.3) is 0 Å². The van der Waals surface area contributed by atoms with Gasteiger partial charge in [-0.3, -0.25) is 9.97 Å². The zero-order valence-electron chi connectivity index (χ0n) is 11.8. The van der Waals surface area contributed by atoms with E-state index in [1.165, 1.54) is 0 Å². The van der Waals surface area contributed by atoms with Crippen LogP contribution in [0.25, 0.3) is 11.4 Å². The van der Waals surface area contributed by atoms with Crippen molar-refractivity contribution in [1.29, 1.82) is 0 Å². The molecule has 0 bridgehead atoms. The van der Waals surface area contributed by atoms with Crippen LogP contribution < -0.4 is 0 Å². The lowest BCUT2D eigenvalue weighted by Gasteiger charge is -2.23. The first-order valence-corrected chi connectivity index (χ1v) is 7.22. The van der Waals surface area contributed by atoms with Gasteiger partial charge in [0, 0.05) is 24.4 Å². The fourth-order valence-corrected chi connectivity index (χ4v) is 2.69. The highest BCUT2D eigenvalue weighted by Crippen LogP contribution is 2.32. The highest BCUT2D eigenvalue weighted by atomic mass is 16.3. The maximum Gasteiger partial charge on any atom is 0.0889 e. The molecule has 0 spiro atoms. The second-order valence-electron chi connectivity index (χ2n) is 5.13. The van der Waals surface area contributed by atoms with Gasteiger partial charge in [0.05, 0.1) is 11.4 Å². The van der Waals surface area contributed by atoms with E-state index in [1.807, 2.05) is 48.6 Å². The molecule has 0 aromatic carbocycles. The lowest BCUT2D eigenvalue weighted by atomic mass is 9.83. The fraction of sp³-hybridized carbons (Fsp3) is 0.222. The quantitative estimate of drug-likeness (QED) is 0.933. The Bertz CT molecular complexity index is 649. The molecule has 1 aliphatic rings. The van der Waals surface area contributed by atoms with E-state index in [1.54, 1.807) is 6.20 Å². The Morgan fingerprint density at radius 1 is 0.952 bits per heavy atom. The molecule has 21 heavy (non-hydrogen) atoms. The van der Waals surface area contributed by atoms with Gasteiger partial charge in [0.15, 0.2) is 0 Å². The maximum absolute atomic E-state index is 9.23. The summed E-state index contributed by atoms with van der Waals surface area (Å²) in [7, 11) is 0. The van der Waals surface area contributed by atoms with Crippen molar-refractivity contribution in [2.75, 3.05) is 6.61 Å². The molecule has 0 unspecified atom stereocenters. The summed E-state index contributed by atoms with van der Waals surface area (Å²) in [6.45, 7) is 0.194. The summed E-state index contributed by atoms with van der Waals surface area (Å²) in [5.41, 5.74) is 2.80. The first-order valence-electron chi connectivity index (χ1n) is 7.22. The Labute approximate surface area is 124 Å². The van der Waals surface area contributed by atoms with Crippen LogP contribution in [0.15, 0.2) is 66.9 Å². The summed E-state index contributed by atoms with van der Waals surface area (Å²) in [6.07, 6.45) is 10.9. The van der Waals surface area contributed by atoms with Gasteiger partial charge >= 0.3 is 0 Å². The molecule has 0 saturated carbocycles. The summed E-state index contributed by atoms with van der Waals surface area (Å²) in [5.74, 6) is 0.511. The van der Waals surface area contributed by atoms with Crippen LogP contribution in [0.2, 0.25) is 0 Å². The van der Waals surface area contributed by atoms with Gasteiger partial charge in [-0.2, -0.15) is 0 Å². The topological polar surface area (TPSA) is 46.0 Å². The Morgan fingerprint density at radius 3 is 2.62 bits per heavy atom. The standard InChI is InChI=1S/C18H18N2O/c21-13-11-14-6-1-2-7-15(14)16-9-5-10-18(20-16)17-8-3-4-12-19-17/h1-10,12,14-15,21H,11,13H2/t14-,15-/m1/s1. The molecular formula is C18H18N2O. The number of aliphatic hydroxyl groups is 1. The Balaban J connectivity index is 1.92. The van der Waals surface area contributed by atoms with Crippen molar-refractivity contribution in [3.8, 4) is 11.4 Å². The summed E-state index contributed by atoms with van der Waals surface area (Å²) in [6, 6.07) is 11.9. The van der Waals surface area contributed by atoms with Gasteiger partial charge in [-0.05, 0) is 36.6 Å². The van der Waals surface area contributed by atoms with E-state index in [-0.39, 0.29) is 12.5 Å². The van der Waals surface area contributed by atoms with Gasteiger partial charge in [0.1, 0.15) is 0 Å². The summed E-state index contributed by atoms with van der Waals surface area (Å²) >= 11 is 0. The molecule has 0 saturated heterocycles. The number of aliphatic hydroxyl groups excluding tert-OH is 1. The smallest absolute Gasteiger partial charge is 0.0889 e. The number of nitrogens with zero attached hydrogens (tertiary/aromatic N) is 2. The van der Waals surface area contributed by atoms with Crippen molar-refractivity contribution >= 4 is 0 Å². The van der Waals surface area contributed by atoms with E-state index < -0.39 is 0 Å². The van der Waals surface area contributed by atoms with E-state index in [2.05, 4.69) is 17.1 Å². The van der Waals surface area contributed by atoms with Crippen LogP contribution in [0.3, 0.4) is 0 Å². The van der Waals surface area contributed by atoms with Gasteiger partial charge in [0.2, 0.25) is 0 Å². The Morgan fingerprint density at radius 2 is 1.81 bits per heavy atom. The first-order chi connectivity index (χ1) is 10.4. The number of hydrogen-bond acceptors (Lipinski definition) is 3. The number of rotatable bonds is 4. The molecule has 3 nitrogen and oxygen atoms in total. The van der Waals surface area contributed by atoms with Crippen LogP contribution in [-0.4, -0.2) is 21.7 Å². The lowest BCUT2D eigenvalue weighted by Crippen LogP contribution is -2.14. The largest absolute Gasteiger partial charge is 0.396 e. The molecule has 1 N–H and O–H groups in total. The molecule has 2 heterocycles. The molecule has 0 amide bonds. The molecule has 1 aliphatic carbocycles. The number of aromatic nitrogens is 2. The molecule has 3 heteroatoms. The minimum absolute atomic E-state index is 0.194.